The van der Waals surface area contributed by atoms with Crippen LogP contribution in [-0.2, 0) is 0 Å². The van der Waals surface area contributed by atoms with Gasteiger partial charge in [0.15, 0.2) is 0 Å². The average Bonchev–Trinajstić information content (AvgIpc) is 3.32. The van der Waals surface area contributed by atoms with E-state index >= 15 is 0 Å². The summed E-state index contributed by atoms with van der Waals surface area (Å²) in [5.41, 5.74) is 19.0. The Hall–Kier alpha value is -7.82. The second-order valence-corrected chi connectivity index (χ2v) is 14.3. The zero-order valence-corrected chi connectivity index (χ0v) is 31.6. The molecule has 0 bridgehead atoms. The van der Waals surface area contributed by atoms with Crippen LogP contribution in [-0.4, -0.2) is 19.9 Å². The summed E-state index contributed by atoms with van der Waals surface area (Å²) in [6.07, 6.45) is 3.66. The molecule has 10 aromatic rings. The number of rotatable bonds is 8. The van der Waals surface area contributed by atoms with Gasteiger partial charge in [-0.15, -0.1) is 0 Å². The Morgan fingerprint density at radius 3 is 0.707 bits per heavy atom. The van der Waals surface area contributed by atoms with Crippen molar-refractivity contribution in [2.24, 2.45) is 0 Å². The van der Waals surface area contributed by atoms with Crippen LogP contribution in [0.25, 0.3) is 101 Å². The molecule has 58 heavy (non-hydrogen) atoms. The van der Waals surface area contributed by atoms with Gasteiger partial charge in [-0.1, -0.05) is 170 Å². The molecular weight excluding hydrogens is 705 g/mol. The lowest BCUT2D eigenvalue weighted by Crippen LogP contribution is -1.95. The maximum absolute atomic E-state index is 5.17. The van der Waals surface area contributed by atoms with E-state index in [1.807, 2.05) is 73.1 Å². The number of benzene rings is 7. The Morgan fingerprint density at radius 1 is 0.207 bits per heavy atom. The van der Waals surface area contributed by atoms with E-state index in [1.54, 1.807) is 0 Å². The van der Waals surface area contributed by atoms with E-state index in [2.05, 4.69) is 156 Å². The van der Waals surface area contributed by atoms with Gasteiger partial charge in [0.05, 0.1) is 33.8 Å². The molecule has 0 aliphatic heterocycles. The van der Waals surface area contributed by atoms with Gasteiger partial charge in [0.25, 0.3) is 0 Å². The molecule has 0 unspecified atom stereocenters. The molecule has 4 nitrogen and oxygen atoms in total. The van der Waals surface area contributed by atoms with Crippen LogP contribution in [0.5, 0.6) is 0 Å². The first kappa shape index (κ1) is 34.7. The molecule has 0 aliphatic rings. The lowest BCUT2D eigenvalue weighted by molar-refractivity contribution is 1.29. The predicted molar refractivity (Wildman–Crippen MR) is 239 cm³/mol. The SMILES string of the molecule is c1ccc(-c2ccc(-c3ccc(-c4ccc(-c5nc6ccccc6nc5-c5ccc(-c6ccc(-c7ccc(-c8ccccn8)cc7)cc6)cc5)cc4)cc3)cc2)nc1. The highest BCUT2D eigenvalue weighted by molar-refractivity contribution is 5.87. The maximum Gasteiger partial charge on any atom is 0.0973 e. The van der Waals surface area contributed by atoms with Crippen molar-refractivity contribution >= 4 is 11.0 Å². The van der Waals surface area contributed by atoms with Gasteiger partial charge in [-0.2, -0.15) is 0 Å². The lowest BCUT2D eigenvalue weighted by Gasteiger charge is -2.12. The monoisotopic (exact) mass is 740 g/mol. The summed E-state index contributed by atoms with van der Waals surface area (Å²) in [6, 6.07) is 72.1. The number of hydrogen-bond acceptors (Lipinski definition) is 4. The smallest absolute Gasteiger partial charge is 0.0973 e. The van der Waals surface area contributed by atoms with Gasteiger partial charge in [-0.25, -0.2) is 9.97 Å². The fourth-order valence-corrected chi connectivity index (χ4v) is 7.49. The van der Waals surface area contributed by atoms with Crippen LogP contribution < -0.4 is 0 Å². The van der Waals surface area contributed by atoms with E-state index in [1.165, 1.54) is 22.3 Å². The minimum atomic E-state index is 0.862. The van der Waals surface area contributed by atoms with Crippen LogP contribution in [0.1, 0.15) is 0 Å². The molecule has 0 aliphatic carbocycles. The zero-order valence-electron chi connectivity index (χ0n) is 31.6. The average molecular weight is 741 g/mol. The van der Waals surface area contributed by atoms with Crippen molar-refractivity contribution in [3.05, 3.63) is 219 Å². The second-order valence-electron chi connectivity index (χ2n) is 14.3. The Kier molecular flexibility index (Phi) is 9.18. The van der Waals surface area contributed by atoms with Gasteiger partial charge >= 0.3 is 0 Å². The summed E-state index contributed by atoms with van der Waals surface area (Å²) in [5.74, 6) is 0. The van der Waals surface area contributed by atoms with Crippen molar-refractivity contribution < 1.29 is 0 Å². The Bertz CT molecular complexity index is 2750. The Labute approximate surface area is 337 Å². The number of nitrogens with zero attached hydrogens (tertiary/aromatic N) is 4. The van der Waals surface area contributed by atoms with E-state index in [-0.39, 0.29) is 0 Å². The standard InChI is InChI=1S/C54H36N4/c1-2-10-52-51(9-1)57-53(47-31-23-43(24-32-47)39-15-11-37(12-16-39)41-19-27-45(28-20-41)49-7-3-5-35-55-49)54(58-52)48-33-25-44(26-34-48)40-17-13-38(14-18-40)42-21-29-46(30-22-42)50-8-4-6-36-56-50/h1-36H. The molecule has 10 rings (SSSR count). The molecule has 0 radical (unpaired) electrons. The van der Waals surface area contributed by atoms with Crippen LogP contribution in [0.3, 0.4) is 0 Å². The number of fused-ring (bicyclic) bond motifs is 1. The Balaban J connectivity index is 0.887. The van der Waals surface area contributed by atoms with Gasteiger partial charge < -0.3 is 0 Å². The molecule has 0 fully saturated rings. The van der Waals surface area contributed by atoms with E-state index in [9.17, 15) is 0 Å². The molecule has 3 aromatic heterocycles. The summed E-state index contributed by atoms with van der Waals surface area (Å²) in [7, 11) is 0. The van der Waals surface area contributed by atoms with Crippen LogP contribution in [0.2, 0.25) is 0 Å². The zero-order chi connectivity index (χ0) is 38.7. The predicted octanol–water partition coefficient (Wildman–Crippen LogP) is 13.8. The molecule has 0 spiro atoms. The van der Waals surface area contributed by atoms with E-state index in [0.29, 0.717) is 0 Å². The van der Waals surface area contributed by atoms with E-state index in [0.717, 1.165) is 78.3 Å². The number of hydrogen-bond donors (Lipinski definition) is 0. The fourth-order valence-electron chi connectivity index (χ4n) is 7.49. The highest BCUT2D eigenvalue weighted by atomic mass is 14.8. The van der Waals surface area contributed by atoms with Crippen molar-refractivity contribution in [2.45, 2.75) is 0 Å². The Morgan fingerprint density at radius 2 is 0.448 bits per heavy atom. The van der Waals surface area contributed by atoms with E-state index in [4.69, 9.17) is 9.97 Å². The molecule has 0 atom stereocenters. The highest BCUT2D eigenvalue weighted by Gasteiger charge is 2.14. The van der Waals surface area contributed by atoms with Gasteiger partial charge in [-0.05, 0) is 80.9 Å². The number of pyridine rings is 2. The molecular formula is C54H36N4. The van der Waals surface area contributed by atoms with Crippen LogP contribution in [0.15, 0.2) is 219 Å². The van der Waals surface area contributed by atoms with Crippen molar-refractivity contribution in [2.75, 3.05) is 0 Å². The van der Waals surface area contributed by atoms with Crippen molar-refractivity contribution in [1.29, 1.82) is 0 Å². The molecule has 272 valence electrons. The molecule has 0 saturated heterocycles. The van der Waals surface area contributed by atoms with Crippen molar-refractivity contribution in [3.63, 3.8) is 0 Å². The summed E-state index contributed by atoms with van der Waals surface area (Å²) in [4.78, 5) is 19.3. The quantitative estimate of drug-likeness (QED) is 0.156. The van der Waals surface area contributed by atoms with Crippen molar-refractivity contribution in [1.82, 2.24) is 19.9 Å². The second kappa shape index (κ2) is 15.4. The minimum absolute atomic E-state index is 0.862. The first-order valence-corrected chi connectivity index (χ1v) is 19.4. The molecule has 0 N–H and O–H groups in total. The first-order chi connectivity index (χ1) is 28.7. The van der Waals surface area contributed by atoms with Crippen molar-refractivity contribution in [3.8, 4) is 89.5 Å². The molecule has 0 saturated carbocycles. The van der Waals surface area contributed by atoms with Gasteiger partial charge in [0.1, 0.15) is 0 Å². The van der Waals surface area contributed by atoms with Gasteiger partial charge in [0, 0.05) is 34.6 Å². The topological polar surface area (TPSA) is 51.6 Å². The van der Waals surface area contributed by atoms with Crippen LogP contribution >= 0.6 is 0 Å². The van der Waals surface area contributed by atoms with Gasteiger partial charge in [0.2, 0.25) is 0 Å². The maximum atomic E-state index is 5.17. The molecule has 7 aromatic carbocycles. The third-order valence-corrected chi connectivity index (χ3v) is 10.7. The third kappa shape index (κ3) is 7.07. The molecule has 0 amide bonds. The summed E-state index contributed by atoms with van der Waals surface area (Å²) < 4.78 is 0. The lowest BCUT2D eigenvalue weighted by atomic mass is 9.96. The molecule has 4 heteroatoms. The summed E-state index contributed by atoms with van der Waals surface area (Å²) in [6.45, 7) is 0. The fraction of sp³-hybridized carbons (Fsp3) is 0. The van der Waals surface area contributed by atoms with Gasteiger partial charge in [-0.3, -0.25) is 9.97 Å². The minimum Gasteiger partial charge on any atom is -0.256 e. The van der Waals surface area contributed by atoms with E-state index < -0.39 is 0 Å². The molecule has 3 heterocycles. The van der Waals surface area contributed by atoms with Crippen LogP contribution in [0.4, 0.5) is 0 Å². The van der Waals surface area contributed by atoms with Crippen LogP contribution in [0, 0.1) is 0 Å². The normalized spacial score (nSPS) is 11.1. The number of aromatic nitrogens is 4. The first-order valence-electron chi connectivity index (χ1n) is 19.4. The third-order valence-electron chi connectivity index (χ3n) is 10.7. The summed E-state index contributed by atoms with van der Waals surface area (Å²) >= 11 is 0. The largest absolute Gasteiger partial charge is 0.256 e. The summed E-state index contributed by atoms with van der Waals surface area (Å²) in [5, 5.41) is 0. The highest BCUT2D eigenvalue weighted by Crippen LogP contribution is 2.35. The number of para-hydroxylation sites is 2.